The lowest BCUT2D eigenvalue weighted by Gasteiger charge is -2.16. The average Bonchev–Trinajstić information content (AvgIpc) is 3.05. The van der Waals surface area contributed by atoms with Gasteiger partial charge in [0, 0.05) is 34.8 Å². The maximum atomic E-state index is 5.04. The Labute approximate surface area is 156 Å². The van der Waals surface area contributed by atoms with Gasteiger partial charge >= 0.3 is 0 Å². The van der Waals surface area contributed by atoms with Crippen LogP contribution >= 0.6 is 0 Å². The molecular formula is C23H31N3. The van der Waals surface area contributed by atoms with Gasteiger partial charge in [0.2, 0.25) is 0 Å². The number of pyridine rings is 2. The summed E-state index contributed by atoms with van der Waals surface area (Å²) < 4.78 is 0. The number of rotatable bonds is 1. The SMILES string of the molecule is c1cc2[nH]c3nc(C4CCCCCCCCCCCC4)ccc3c2cn1. The molecule has 1 N–H and O–H groups in total. The first-order chi connectivity index (χ1) is 12.9. The predicted molar refractivity (Wildman–Crippen MR) is 110 cm³/mol. The summed E-state index contributed by atoms with van der Waals surface area (Å²) in [6.45, 7) is 0. The molecule has 0 radical (unpaired) electrons. The Morgan fingerprint density at radius 1 is 0.731 bits per heavy atom. The molecule has 1 aliphatic carbocycles. The summed E-state index contributed by atoms with van der Waals surface area (Å²) in [7, 11) is 0. The van der Waals surface area contributed by atoms with Gasteiger partial charge in [0.1, 0.15) is 5.65 Å². The first-order valence-electron chi connectivity index (χ1n) is 10.6. The summed E-state index contributed by atoms with van der Waals surface area (Å²) in [6, 6.07) is 6.56. The first kappa shape index (κ1) is 17.5. The van der Waals surface area contributed by atoms with Gasteiger partial charge in [0.05, 0.1) is 5.52 Å². The van der Waals surface area contributed by atoms with Crippen molar-refractivity contribution in [3.8, 4) is 0 Å². The van der Waals surface area contributed by atoms with Crippen LogP contribution in [0.25, 0.3) is 21.9 Å². The van der Waals surface area contributed by atoms with E-state index in [-0.39, 0.29) is 0 Å². The van der Waals surface area contributed by atoms with Gasteiger partial charge in [-0.2, -0.15) is 0 Å². The number of H-pyrrole nitrogens is 1. The van der Waals surface area contributed by atoms with Crippen LogP contribution in [-0.4, -0.2) is 15.0 Å². The maximum Gasteiger partial charge on any atom is 0.138 e. The van der Waals surface area contributed by atoms with E-state index in [0.29, 0.717) is 5.92 Å². The van der Waals surface area contributed by atoms with Crippen LogP contribution in [0.1, 0.15) is 88.7 Å². The second-order valence-electron chi connectivity index (χ2n) is 7.99. The van der Waals surface area contributed by atoms with Crippen molar-refractivity contribution in [2.45, 2.75) is 83.0 Å². The van der Waals surface area contributed by atoms with Crippen molar-refractivity contribution in [1.29, 1.82) is 0 Å². The van der Waals surface area contributed by atoms with Gasteiger partial charge in [-0.15, -0.1) is 0 Å². The van der Waals surface area contributed by atoms with Gasteiger partial charge in [0.25, 0.3) is 0 Å². The van der Waals surface area contributed by atoms with Crippen molar-refractivity contribution < 1.29 is 0 Å². The Hall–Kier alpha value is -1.90. The minimum absolute atomic E-state index is 0.615. The third-order valence-electron chi connectivity index (χ3n) is 6.05. The molecule has 26 heavy (non-hydrogen) atoms. The lowest BCUT2D eigenvalue weighted by Crippen LogP contribution is -2.02. The third kappa shape index (κ3) is 4.08. The molecule has 0 aliphatic heterocycles. The summed E-state index contributed by atoms with van der Waals surface area (Å²) in [5, 5.41) is 2.37. The smallest absolute Gasteiger partial charge is 0.138 e. The van der Waals surface area contributed by atoms with E-state index in [4.69, 9.17) is 4.98 Å². The fraction of sp³-hybridized carbons (Fsp3) is 0.565. The number of fused-ring (bicyclic) bond motifs is 3. The lowest BCUT2D eigenvalue weighted by atomic mass is 9.91. The van der Waals surface area contributed by atoms with E-state index in [1.54, 1.807) is 0 Å². The van der Waals surface area contributed by atoms with Crippen LogP contribution in [0, 0.1) is 0 Å². The van der Waals surface area contributed by atoms with Gasteiger partial charge in [-0.25, -0.2) is 4.98 Å². The summed E-state index contributed by atoms with van der Waals surface area (Å²) >= 11 is 0. The van der Waals surface area contributed by atoms with Crippen molar-refractivity contribution in [3.05, 3.63) is 36.3 Å². The van der Waals surface area contributed by atoms with Crippen LogP contribution < -0.4 is 0 Å². The molecule has 3 aromatic rings. The fourth-order valence-corrected chi connectivity index (χ4v) is 4.50. The van der Waals surface area contributed by atoms with Crippen LogP contribution in [0.4, 0.5) is 0 Å². The number of aromatic nitrogens is 3. The summed E-state index contributed by atoms with van der Waals surface area (Å²) in [5.41, 5.74) is 3.44. The van der Waals surface area contributed by atoms with Crippen LogP contribution in [0.15, 0.2) is 30.6 Å². The zero-order valence-electron chi connectivity index (χ0n) is 15.8. The highest BCUT2D eigenvalue weighted by atomic mass is 14.9. The number of hydrogen-bond donors (Lipinski definition) is 1. The largest absolute Gasteiger partial charge is 0.339 e. The Morgan fingerprint density at radius 3 is 2.08 bits per heavy atom. The van der Waals surface area contributed by atoms with Crippen LogP contribution in [-0.2, 0) is 0 Å². The molecule has 4 rings (SSSR count). The van der Waals surface area contributed by atoms with E-state index in [1.165, 1.54) is 93.5 Å². The number of nitrogens with one attached hydrogen (secondary N) is 1. The zero-order valence-corrected chi connectivity index (χ0v) is 15.8. The van der Waals surface area contributed by atoms with Crippen molar-refractivity contribution in [2.75, 3.05) is 0 Å². The molecule has 1 aliphatic rings. The molecule has 1 fully saturated rings. The van der Waals surface area contributed by atoms with E-state index >= 15 is 0 Å². The predicted octanol–water partition coefficient (Wildman–Crippen LogP) is 6.89. The molecule has 3 heterocycles. The monoisotopic (exact) mass is 349 g/mol. The van der Waals surface area contributed by atoms with E-state index in [0.717, 1.165) is 11.2 Å². The first-order valence-corrected chi connectivity index (χ1v) is 10.6. The quantitative estimate of drug-likeness (QED) is 0.519. The minimum atomic E-state index is 0.615. The second kappa shape index (κ2) is 8.66. The molecule has 138 valence electrons. The molecule has 0 atom stereocenters. The van der Waals surface area contributed by atoms with Gasteiger partial charge in [-0.3, -0.25) is 4.98 Å². The zero-order chi connectivity index (χ0) is 17.6. The molecule has 3 nitrogen and oxygen atoms in total. The summed E-state index contributed by atoms with van der Waals surface area (Å²) in [6.07, 6.45) is 20.4. The van der Waals surface area contributed by atoms with Crippen molar-refractivity contribution in [2.24, 2.45) is 0 Å². The Kier molecular flexibility index (Phi) is 5.83. The van der Waals surface area contributed by atoms with Crippen LogP contribution in [0.3, 0.4) is 0 Å². The highest BCUT2D eigenvalue weighted by Gasteiger charge is 2.15. The molecule has 0 spiro atoms. The summed E-state index contributed by atoms with van der Waals surface area (Å²) in [5.74, 6) is 0.615. The molecule has 0 amide bonds. The molecule has 0 unspecified atom stereocenters. The molecule has 3 aromatic heterocycles. The van der Waals surface area contributed by atoms with E-state index in [9.17, 15) is 0 Å². The Balaban J connectivity index is 1.54. The van der Waals surface area contributed by atoms with E-state index < -0.39 is 0 Å². The van der Waals surface area contributed by atoms with Crippen molar-refractivity contribution in [1.82, 2.24) is 15.0 Å². The highest BCUT2D eigenvalue weighted by Crippen LogP contribution is 2.31. The normalized spacial score (nSPS) is 19.1. The van der Waals surface area contributed by atoms with Gasteiger partial charge in [0.15, 0.2) is 0 Å². The van der Waals surface area contributed by atoms with Gasteiger partial charge < -0.3 is 4.98 Å². The van der Waals surface area contributed by atoms with Crippen LogP contribution in [0.5, 0.6) is 0 Å². The Bertz CT molecular complexity index is 822. The average molecular weight is 350 g/mol. The highest BCUT2D eigenvalue weighted by molar-refractivity contribution is 6.05. The second-order valence-corrected chi connectivity index (χ2v) is 7.99. The lowest BCUT2D eigenvalue weighted by molar-refractivity contribution is 0.493. The standard InChI is InChI=1S/C23H31N3/c1-2-4-6-8-10-12-18(11-9-7-5-3-1)21-14-13-19-20-17-24-16-15-22(20)26-23(19)25-21/h13-18H,1-12H2,(H,25,26). The molecular weight excluding hydrogens is 318 g/mol. The van der Waals surface area contributed by atoms with Crippen molar-refractivity contribution >= 4 is 21.9 Å². The summed E-state index contributed by atoms with van der Waals surface area (Å²) in [4.78, 5) is 12.8. The Morgan fingerprint density at radius 2 is 1.38 bits per heavy atom. The fourth-order valence-electron chi connectivity index (χ4n) is 4.50. The van der Waals surface area contributed by atoms with E-state index in [2.05, 4.69) is 22.1 Å². The topological polar surface area (TPSA) is 41.6 Å². The number of nitrogens with zero attached hydrogens (tertiary/aromatic N) is 2. The van der Waals surface area contributed by atoms with E-state index in [1.807, 2.05) is 18.5 Å². The number of aromatic amines is 1. The minimum Gasteiger partial charge on any atom is -0.339 e. The van der Waals surface area contributed by atoms with Crippen molar-refractivity contribution in [3.63, 3.8) is 0 Å². The maximum absolute atomic E-state index is 5.04. The molecule has 0 aromatic carbocycles. The molecule has 3 heteroatoms. The number of hydrogen-bond acceptors (Lipinski definition) is 2. The van der Waals surface area contributed by atoms with Gasteiger partial charge in [-0.05, 0) is 31.0 Å². The van der Waals surface area contributed by atoms with Crippen LogP contribution in [0.2, 0.25) is 0 Å². The molecule has 1 saturated carbocycles. The third-order valence-corrected chi connectivity index (χ3v) is 6.05. The molecule has 0 saturated heterocycles. The van der Waals surface area contributed by atoms with Gasteiger partial charge in [-0.1, -0.05) is 64.2 Å². The molecule has 0 bridgehead atoms.